The van der Waals surface area contributed by atoms with Gasteiger partial charge >= 0.3 is 0 Å². The summed E-state index contributed by atoms with van der Waals surface area (Å²) in [7, 11) is -3.26. The first kappa shape index (κ1) is 13.9. The lowest BCUT2D eigenvalue weighted by Gasteiger charge is -2.37. The van der Waals surface area contributed by atoms with Gasteiger partial charge in [-0.1, -0.05) is 13.8 Å². The number of rotatable bonds is 5. The average molecular weight is 249 g/mol. The zero-order valence-corrected chi connectivity index (χ0v) is 11.0. The molecule has 1 fully saturated rings. The number of piperidine rings is 1. The van der Waals surface area contributed by atoms with Crippen molar-refractivity contribution in [3.63, 3.8) is 0 Å². The topological polar surface area (TPSA) is 75.4 Å². The van der Waals surface area contributed by atoms with Gasteiger partial charge in [0.2, 0.25) is 0 Å². The van der Waals surface area contributed by atoms with E-state index >= 15 is 0 Å². The molecule has 0 aromatic heterocycles. The molecule has 0 spiro atoms. The van der Waals surface area contributed by atoms with E-state index in [9.17, 15) is 8.42 Å². The molecule has 96 valence electrons. The van der Waals surface area contributed by atoms with Crippen molar-refractivity contribution in [2.45, 2.75) is 33.1 Å². The van der Waals surface area contributed by atoms with E-state index in [1.54, 1.807) is 0 Å². The van der Waals surface area contributed by atoms with Crippen LogP contribution in [-0.4, -0.2) is 38.9 Å². The number of nitrogens with one attached hydrogen (secondary N) is 1. The number of nitrogens with zero attached hydrogens (tertiary/aromatic N) is 1. The third-order valence-electron chi connectivity index (χ3n) is 3.30. The van der Waals surface area contributed by atoms with E-state index in [1.807, 2.05) is 6.92 Å². The fourth-order valence-electron chi connectivity index (χ4n) is 1.79. The molecule has 0 unspecified atom stereocenters. The molecular formula is C10H23N3O2S. The van der Waals surface area contributed by atoms with Crippen molar-refractivity contribution in [2.75, 3.05) is 26.2 Å². The highest BCUT2D eigenvalue weighted by atomic mass is 32.2. The molecule has 0 radical (unpaired) electrons. The Morgan fingerprint density at radius 2 is 1.94 bits per heavy atom. The van der Waals surface area contributed by atoms with Gasteiger partial charge in [-0.25, -0.2) is 4.72 Å². The Morgan fingerprint density at radius 3 is 2.38 bits per heavy atom. The summed E-state index contributed by atoms with van der Waals surface area (Å²) in [5.74, 6) is 0. The van der Waals surface area contributed by atoms with E-state index in [0.717, 1.165) is 19.3 Å². The molecule has 1 saturated heterocycles. The summed E-state index contributed by atoms with van der Waals surface area (Å²) in [4.78, 5) is 0. The van der Waals surface area contributed by atoms with Crippen molar-refractivity contribution in [1.82, 2.24) is 9.03 Å². The lowest BCUT2D eigenvalue weighted by Crippen LogP contribution is -2.48. The van der Waals surface area contributed by atoms with Gasteiger partial charge in [0, 0.05) is 19.6 Å². The van der Waals surface area contributed by atoms with Crippen LogP contribution >= 0.6 is 0 Å². The van der Waals surface area contributed by atoms with Crippen molar-refractivity contribution >= 4 is 10.2 Å². The van der Waals surface area contributed by atoms with Gasteiger partial charge in [0.05, 0.1) is 0 Å². The predicted molar refractivity (Wildman–Crippen MR) is 65.2 cm³/mol. The molecule has 0 aliphatic carbocycles. The first-order valence-electron chi connectivity index (χ1n) is 5.88. The summed E-state index contributed by atoms with van der Waals surface area (Å²) >= 11 is 0. The number of hydrogen-bond acceptors (Lipinski definition) is 3. The van der Waals surface area contributed by atoms with E-state index < -0.39 is 10.2 Å². The number of hydrogen-bond donors (Lipinski definition) is 2. The van der Waals surface area contributed by atoms with Crippen LogP contribution in [0.5, 0.6) is 0 Å². The lowest BCUT2D eigenvalue weighted by molar-refractivity contribution is 0.181. The molecule has 1 aliphatic rings. The molecular weight excluding hydrogens is 226 g/mol. The van der Waals surface area contributed by atoms with Gasteiger partial charge in [-0.3, -0.25) is 0 Å². The third-order valence-corrected chi connectivity index (χ3v) is 4.91. The Morgan fingerprint density at radius 1 is 1.38 bits per heavy atom. The Bertz CT molecular complexity index is 308. The van der Waals surface area contributed by atoms with Gasteiger partial charge in [0.15, 0.2) is 0 Å². The van der Waals surface area contributed by atoms with Gasteiger partial charge in [-0.2, -0.15) is 12.7 Å². The SMILES string of the molecule is CCCNS(=O)(=O)N1CCC(C)(CN)CC1. The second-order valence-electron chi connectivity index (χ2n) is 4.81. The summed E-state index contributed by atoms with van der Waals surface area (Å²) in [6.45, 7) is 6.36. The van der Waals surface area contributed by atoms with E-state index in [0.29, 0.717) is 26.2 Å². The molecule has 0 atom stereocenters. The lowest BCUT2D eigenvalue weighted by atomic mass is 9.81. The minimum Gasteiger partial charge on any atom is -0.330 e. The highest BCUT2D eigenvalue weighted by molar-refractivity contribution is 7.87. The van der Waals surface area contributed by atoms with Crippen LogP contribution in [0.1, 0.15) is 33.1 Å². The minimum absolute atomic E-state index is 0.108. The summed E-state index contributed by atoms with van der Waals surface area (Å²) in [5, 5.41) is 0. The van der Waals surface area contributed by atoms with Gasteiger partial charge in [0.25, 0.3) is 10.2 Å². The minimum atomic E-state index is -3.26. The Balaban J connectivity index is 2.53. The largest absolute Gasteiger partial charge is 0.330 e. The molecule has 0 bridgehead atoms. The molecule has 0 saturated carbocycles. The normalized spacial score (nSPS) is 22.2. The molecule has 3 N–H and O–H groups in total. The van der Waals surface area contributed by atoms with E-state index in [2.05, 4.69) is 11.6 Å². The predicted octanol–water partition coefficient (Wildman–Crippen LogP) is 0.292. The van der Waals surface area contributed by atoms with Crippen LogP contribution in [0.15, 0.2) is 0 Å². The molecule has 1 aliphatic heterocycles. The van der Waals surface area contributed by atoms with Crippen LogP contribution in [0.2, 0.25) is 0 Å². The van der Waals surface area contributed by atoms with E-state index in [4.69, 9.17) is 5.73 Å². The fraction of sp³-hybridized carbons (Fsp3) is 1.00. The molecule has 1 rings (SSSR count). The van der Waals surface area contributed by atoms with Gasteiger partial charge in [0.1, 0.15) is 0 Å². The summed E-state index contributed by atoms with van der Waals surface area (Å²) in [6, 6.07) is 0. The molecule has 0 amide bonds. The highest BCUT2D eigenvalue weighted by Crippen LogP contribution is 2.30. The maximum Gasteiger partial charge on any atom is 0.279 e. The van der Waals surface area contributed by atoms with Crippen molar-refractivity contribution in [3.05, 3.63) is 0 Å². The molecule has 1 heterocycles. The van der Waals surface area contributed by atoms with E-state index in [1.165, 1.54) is 4.31 Å². The fourth-order valence-corrected chi connectivity index (χ4v) is 3.10. The smallest absolute Gasteiger partial charge is 0.279 e. The standard InChI is InChI=1S/C10H23N3O2S/c1-3-6-12-16(14,15)13-7-4-10(2,9-11)5-8-13/h12H,3-9,11H2,1-2H3. The third kappa shape index (κ3) is 3.41. The Hall–Kier alpha value is -0.170. The maximum atomic E-state index is 11.8. The molecule has 6 heteroatoms. The van der Waals surface area contributed by atoms with Crippen LogP contribution in [0.25, 0.3) is 0 Å². The second kappa shape index (κ2) is 5.44. The molecule has 5 nitrogen and oxygen atoms in total. The van der Waals surface area contributed by atoms with E-state index in [-0.39, 0.29) is 5.41 Å². The Kier molecular flexibility index (Phi) is 4.73. The number of nitrogens with two attached hydrogens (primary N) is 1. The molecule has 0 aromatic rings. The van der Waals surface area contributed by atoms with Crippen LogP contribution in [0, 0.1) is 5.41 Å². The van der Waals surface area contributed by atoms with Crippen LogP contribution in [-0.2, 0) is 10.2 Å². The van der Waals surface area contributed by atoms with Crippen LogP contribution in [0.4, 0.5) is 0 Å². The van der Waals surface area contributed by atoms with Crippen molar-refractivity contribution < 1.29 is 8.42 Å². The summed E-state index contributed by atoms with van der Waals surface area (Å²) < 4.78 is 27.8. The van der Waals surface area contributed by atoms with Crippen LogP contribution < -0.4 is 10.5 Å². The monoisotopic (exact) mass is 249 g/mol. The van der Waals surface area contributed by atoms with Gasteiger partial charge in [-0.15, -0.1) is 0 Å². The summed E-state index contributed by atoms with van der Waals surface area (Å²) in [6.07, 6.45) is 2.50. The highest BCUT2D eigenvalue weighted by Gasteiger charge is 2.33. The zero-order chi connectivity index (χ0) is 12.2. The van der Waals surface area contributed by atoms with Gasteiger partial charge in [-0.05, 0) is 31.2 Å². The quantitative estimate of drug-likeness (QED) is 0.735. The van der Waals surface area contributed by atoms with Crippen molar-refractivity contribution in [1.29, 1.82) is 0 Å². The second-order valence-corrected chi connectivity index (χ2v) is 6.57. The first-order valence-corrected chi connectivity index (χ1v) is 7.32. The van der Waals surface area contributed by atoms with Crippen LogP contribution in [0.3, 0.4) is 0 Å². The summed E-state index contributed by atoms with van der Waals surface area (Å²) in [5.41, 5.74) is 5.80. The van der Waals surface area contributed by atoms with Gasteiger partial charge < -0.3 is 5.73 Å². The Labute approximate surface area is 98.6 Å². The zero-order valence-electron chi connectivity index (χ0n) is 10.2. The van der Waals surface area contributed by atoms with Crippen molar-refractivity contribution in [2.24, 2.45) is 11.1 Å². The van der Waals surface area contributed by atoms with Crippen molar-refractivity contribution in [3.8, 4) is 0 Å². The first-order chi connectivity index (χ1) is 7.43. The molecule has 0 aromatic carbocycles. The molecule has 16 heavy (non-hydrogen) atoms. The maximum absolute atomic E-state index is 11.8. The average Bonchev–Trinajstić information content (AvgIpc) is 2.27.